The molecule has 1 rings (SSSR count). The molecule has 1 aliphatic rings. The molecule has 2 unspecified atom stereocenters. The van der Waals surface area contributed by atoms with Crippen molar-refractivity contribution in [3.05, 3.63) is 0 Å². The van der Waals surface area contributed by atoms with Crippen LogP contribution >= 0.6 is 11.8 Å². The highest BCUT2D eigenvalue weighted by Gasteiger charge is 2.23. The van der Waals surface area contributed by atoms with E-state index in [0.29, 0.717) is 6.04 Å². The van der Waals surface area contributed by atoms with Gasteiger partial charge in [-0.3, -0.25) is 0 Å². The number of hydrogen-bond acceptors (Lipinski definition) is 3. The van der Waals surface area contributed by atoms with Gasteiger partial charge in [0, 0.05) is 11.3 Å². The summed E-state index contributed by atoms with van der Waals surface area (Å²) in [6, 6.07) is 0.456. The second-order valence-electron chi connectivity index (χ2n) is 3.15. The SMILES string of the molecule is NCCCSC1CCCC1N. The molecule has 0 radical (unpaired) electrons. The van der Waals surface area contributed by atoms with Crippen molar-refractivity contribution in [3.63, 3.8) is 0 Å². The Morgan fingerprint density at radius 3 is 2.73 bits per heavy atom. The summed E-state index contributed by atoms with van der Waals surface area (Å²) >= 11 is 2.01. The molecule has 1 fully saturated rings. The van der Waals surface area contributed by atoms with E-state index >= 15 is 0 Å². The van der Waals surface area contributed by atoms with Crippen LogP contribution in [0.15, 0.2) is 0 Å². The molecule has 11 heavy (non-hydrogen) atoms. The maximum atomic E-state index is 5.91. The van der Waals surface area contributed by atoms with Crippen LogP contribution in [0.1, 0.15) is 25.7 Å². The summed E-state index contributed by atoms with van der Waals surface area (Å²) in [5.41, 5.74) is 11.3. The minimum Gasteiger partial charge on any atom is -0.330 e. The topological polar surface area (TPSA) is 52.0 Å². The molecule has 0 bridgehead atoms. The summed E-state index contributed by atoms with van der Waals surface area (Å²) < 4.78 is 0. The normalized spacial score (nSPS) is 31.1. The molecule has 0 aromatic heterocycles. The van der Waals surface area contributed by atoms with Gasteiger partial charge in [-0.1, -0.05) is 6.42 Å². The molecular formula is C8H18N2S. The largest absolute Gasteiger partial charge is 0.330 e. The number of thioether (sulfide) groups is 1. The van der Waals surface area contributed by atoms with Crippen molar-refractivity contribution in [1.29, 1.82) is 0 Å². The molecule has 66 valence electrons. The summed E-state index contributed by atoms with van der Waals surface area (Å²) in [7, 11) is 0. The molecule has 2 nitrogen and oxygen atoms in total. The quantitative estimate of drug-likeness (QED) is 0.624. The average molecular weight is 174 g/mol. The molecule has 3 heteroatoms. The Labute approximate surface area is 73.1 Å². The van der Waals surface area contributed by atoms with E-state index < -0.39 is 0 Å². The molecular weight excluding hydrogens is 156 g/mol. The van der Waals surface area contributed by atoms with Crippen molar-refractivity contribution in [3.8, 4) is 0 Å². The van der Waals surface area contributed by atoms with E-state index in [-0.39, 0.29) is 0 Å². The standard InChI is InChI=1S/C8H18N2S/c9-5-2-6-11-8-4-1-3-7(8)10/h7-8H,1-6,9-10H2. The minimum absolute atomic E-state index is 0.456. The molecule has 0 spiro atoms. The Hall–Kier alpha value is 0.270. The van der Waals surface area contributed by atoms with Crippen molar-refractivity contribution in [2.24, 2.45) is 11.5 Å². The van der Waals surface area contributed by atoms with E-state index in [9.17, 15) is 0 Å². The summed E-state index contributed by atoms with van der Waals surface area (Å²) in [4.78, 5) is 0. The van der Waals surface area contributed by atoms with Gasteiger partial charge in [0.15, 0.2) is 0 Å². The van der Waals surface area contributed by atoms with Crippen molar-refractivity contribution in [2.75, 3.05) is 12.3 Å². The Balaban J connectivity index is 2.05. The summed E-state index contributed by atoms with van der Waals surface area (Å²) in [5.74, 6) is 1.19. The molecule has 1 saturated carbocycles. The molecule has 0 aromatic rings. The zero-order valence-electron chi connectivity index (χ0n) is 6.96. The maximum absolute atomic E-state index is 5.91. The van der Waals surface area contributed by atoms with Crippen LogP contribution in [0.25, 0.3) is 0 Å². The zero-order valence-corrected chi connectivity index (χ0v) is 7.78. The molecule has 0 saturated heterocycles. The van der Waals surface area contributed by atoms with Crippen LogP contribution in [0.3, 0.4) is 0 Å². The lowest BCUT2D eigenvalue weighted by Gasteiger charge is -2.13. The lowest BCUT2D eigenvalue weighted by molar-refractivity contribution is 0.715. The summed E-state index contributed by atoms with van der Waals surface area (Å²) in [6.45, 7) is 0.814. The van der Waals surface area contributed by atoms with E-state index in [1.54, 1.807) is 0 Å². The molecule has 0 aliphatic heterocycles. The van der Waals surface area contributed by atoms with Gasteiger partial charge < -0.3 is 11.5 Å². The van der Waals surface area contributed by atoms with E-state index in [1.807, 2.05) is 11.8 Å². The second kappa shape index (κ2) is 5.01. The Kier molecular flexibility index (Phi) is 4.26. The lowest BCUT2D eigenvalue weighted by atomic mass is 10.3. The second-order valence-corrected chi connectivity index (χ2v) is 4.49. The van der Waals surface area contributed by atoms with E-state index in [4.69, 9.17) is 11.5 Å². The molecule has 1 aliphatic carbocycles. The Morgan fingerprint density at radius 1 is 1.36 bits per heavy atom. The molecule has 0 heterocycles. The van der Waals surface area contributed by atoms with E-state index in [2.05, 4.69) is 0 Å². The first-order valence-corrected chi connectivity index (χ1v) is 5.46. The minimum atomic E-state index is 0.456. The molecule has 0 amide bonds. The average Bonchev–Trinajstić information content (AvgIpc) is 2.37. The first-order chi connectivity index (χ1) is 5.34. The van der Waals surface area contributed by atoms with Crippen LogP contribution in [-0.4, -0.2) is 23.6 Å². The zero-order chi connectivity index (χ0) is 8.10. The number of hydrogen-bond donors (Lipinski definition) is 2. The first kappa shape index (κ1) is 9.36. The van der Waals surface area contributed by atoms with Gasteiger partial charge in [0.25, 0.3) is 0 Å². The summed E-state index contributed by atoms with van der Waals surface area (Å²) in [6.07, 6.45) is 4.99. The number of nitrogens with two attached hydrogens (primary N) is 2. The van der Waals surface area contributed by atoms with Gasteiger partial charge in [-0.25, -0.2) is 0 Å². The van der Waals surface area contributed by atoms with Gasteiger partial charge >= 0.3 is 0 Å². The molecule has 2 atom stereocenters. The monoisotopic (exact) mass is 174 g/mol. The fraction of sp³-hybridized carbons (Fsp3) is 1.00. The number of rotatable bonds is 4. The van der Waals surface area contributed by atoms with Gasteiger partial charge in [0.2, 0.25) is 0 Å². The maximum Gasteiger partial charge on any atom is 0.0199 e. The van der Waals surface area contributed by atoms with Gasteiger partial charge in [-0.15, -0.1) is 0 Å². The summed E-state index contributed by atoms with van der Waals surface area (Å²) in [5, 5.41) is 0.724. The fourth-order valence-electron chi connectivity index (χ4n) is 1.48. The van der Waals surface area contributed by atoms with Gasteiger partial charge in [0.1, 0.15) is 0 Å². The third kappa shape index (κ3) is 3.01. The Morgan fingerprint density at radius 2 is 2.18 bits per heavy atom. The van der Waals surface area contributed by atoms with Crippen LogP contribution < -0.4 is 11.5 Å². The fourth-order valence-corrected chi connectivity index (χ4v) is 2.83. The van der Waals surface area contributed by atoms with Crippen molar-refractivity contribution >= 4 is 11.8 Å². The van der Waals surface area contributed by atoms with Crippen LogP contribution in [-0.2, 0) is 0 Å². The molecule has 4 N–H and O–H groups in total. The highest BCUT2D eigenvalue weighted by molar-refractivity contribution is 7.99. The highest BCUT2D eigenvalue weighted by Crippen LogP contribution is 2.28. The van der Waals surface area contributed by atoms with Gasteiger partial charge in [0.05, 0.1) is 0 Å². The van der Waals surface area contributed by atoms with Crippen LogP contribution in [0.2, 0.25) is 0 Å². The van der Waals surface area contributed by atoms with Crippen LogP contribution in [0.4, 0.5) is 0 Å². The first-order valence-electron chi connectivity index (χ1n) is 4.42. The third-order valence-corrected chi connectivity index (χ3v) is 3.72. The smallest absolute Gasteiger partial charge is 0.0199 e. The van der Waals surface area contributed by atoms with Crippen molar-refractivity contribution in [2.45, 2.75) is 37.0 Å². The predicted molar refractivity (Wildman–Crippen MR) is 51.7 cm³/mol. The highest BCUT2D eigenvalue weighted by atomic mass is 32.2. The van der Waals surface area contributed by atoms with Crippen molar-refractivity contribution < 1.29 is 0 Å². The van der Waals surface area contributed by atoms with Gasteiger partial charge in [-0.05, 0) is 31.6 Å². The van der Waals surface area contributed by atoms with Crippen LogP contribution in [0.5, 0.6) is 0 Å². The molecule has 0 aromatic carbocycles. The van der Waals surface area contributed by atoms with Gasteiger partial charge in [-0.2, -0.15) is 11.8 Å². The predicted octanol–water partition coefficient (Wildman–Crippen LogP) is 0.948. The third-order valence-electron chi connectivity index (χ3n) is 2.18. The lowest BCUT2D eigenvalue weighted by Crippen LogP contribution is -2.26. The van der Waals surface area contributed by atoms with E-state index in [1.165, 1.54) is 25.0 Å². The van der Waals surface area contributed by atoms with E-state index in [0.717, 1.165) is 18.2 Å². The Bertz CT molecular complexity index is 108. The van der Waals surface area contributed by atoms with Crippen LogP contribution in [0, 0.1) is 0 Å². The van der Waals surface area contributed by atoms with Crippen molar-refractivity contribution in [1.82, 2.24) is 0 Å².